The Morgan fingerprint density at radius 2 is 1.74 bits per heavy atom. The van der Waals surface area contributed by atoms with Gasteiger partial charge in [0.15, 0.2) is 0 Å². The van der Waals surface area contributed by atoms with E-state index in [1.165, 1.54) is 51.4 Å². The standard InChI is InChI=1S/C30H51NO3/c1-19(2)7-6-8-20(3)23-9-10-24-28-25(12-15-30(23,24)5)29(4)14-11-22(31-16-13-27(33)34)17-21(29)18-26(28)32/h19-25,28,31H,6-18H2,1-5H3,(H,33,34)/t20-,21-,22-,23-,24?,25?,28?,29+,30-/m1/s1. The van der Waals surface area contributed by atoms with Gasteiger partial charge >= 0.3 is 5.97 Å². The number of ketones is 1. The molecule has 194 valence electrons. The van der Waals surface area contributed by atoms with E-state index in [-0.39, 0.29) is 11.8 Å². The highest BCUT2D eigenvalue weighted by atomic mass is 16.4. The zero-order valence-electron chi connectivity index (χ0n) is 22.6. The van der Waals surface area contributed by atoms with Crippen molar-refractivity contribution in [2.24, 2.45) is 52.3 Å². The number of hydrogen-bond acceptors (Lipinski definition) is 3. The summed E-state index contributed by atoms with van der Waals surface area (Å²) in [7, 11) is 0. The minimum atomic E-state index is -0.738. The zero-order valence-corrected chi connectivity index (χ0v) is 22.6. The summed E-state index contributed by atoms with van der Waals surface area (Å²) in [4.78, 5) is 24.6. The van der Waals surface area contributed by atoms with E-state index in [9.17, 15) is 9.59 Å². The van der Waals surface area contributed by atoms with Gasteiger partial charge in [0.2, 0.25) is 0 Å². The molecule has 0 bridgehead atoms. The van der Waals surface area contributed by atoms with Gasteiger partial charge in [-0.1, -0.05) is 53.9 Å². The van der Waals surface area contributed by atoms with Crippen LogP contribution in [0.2, 0.25) is 0 Å². The van der Waals surface area contributed by atoms with Gasteiger partial charge in [0, 0.05) is 24.9 Å². The van der Waals surface area contributed by atoms with Gasteiger partial charge in [0.1, 0.15) is 5.78 Å². The van der Waals surface area contributed by atoms with E-state index in [2.05, 4.69) is 39.9 Å². The number of hydrogen-bond donors (Lipinski definition) is 2. The molecule has 4 aliphatic rings. The van der Waals surface area contributed by atoms with Crippen LogP contribution in [0.4, 0.5) is 0 Å². The minimum absolute atomic E-state index is 0.180. The Balaban J connectivity index is 1.43. The van der Waals surface area contributed by atoms with Crippen LogP contribution in [0.5, 0.6) is 0 Å². The molecule has 0 spiro atoms. The average Bonchev–Trinajstić information content (AvgIpc) is 3.11. The van der Waals surface area contributed by atoms with Crippen molar-refractivity contribution in [2.75, 3.05) is 6.54 Å². The molecule has 0 aliphatic heterocycles. The maximum Gasteiger partial charge on any atom is 0.304 e. The van der Waals surface area contributed by atoms with Crippen molar-refractivity contribution in [3.05, 3.63) is 0 Å². The summed E-state index contributed by atoms with van der Waals surface area (Å²) in [5.41, 5.74) is 0.638. The summed E-state index contributed by atoms with van der Waals surface area (Å²) in [6.45, 7) is 12.8. The van der Waals surface area contributed by atoms with Crippen molar-refractivity contribution in [1.82, 2.24) is 5.32 Å². The number of carbonyl (C=O) groups excluding carboxylic acids is 1. The van der Waals surface area contributed by atoms with E-state index in [4.69, 9.17) is 5.11 Å². The van der Waals surface area contributed by atoms with E-state index in [0.717, 1.165) is 37.0 Å². The Bertz CT molecular complexity index is 749. The van der Waals surface area contributed by atoms with Gasteiger partial charge in [-0.2, -0.15) is 0 Å². The Labute approximate surface area is 208 Å². The fraction of sp³-hybridized carbons (Fsp3) is 0.933. The highest BCUT2D eigenvalue weighted by Gasteiger charge is 2.63. The van der Waals surface area contributed by atoms with Crippen LogP contribution < -0.4 is 5.32 Å². The highest BCUT2D eigenvalue weighted by Crippen LogP contribution is 2.67. The van der Waals surface area contributed by atoms with Crippen LogP contribution in [0.15, 0.2) is 0 Å². The van der Waals surface area contributed by atoms with E-state index in [1.54, 1.807) is 0 Å². The second-order valence-electron chi connectivity index (χ2n) is 13.7. The molecular formula is C30H51NO3. The smallest absolute Gasteiger partial charge is 0.304 e. The lowest BCUT2D eigenvalue weighted by Gasteiger charge is -2.60. The molecule has 0 saturated heterocycles. The number of Topliss-reactive ketones (excluding diaryl/α,β-unsaturated/α-hetero) is 1. The highest BCUT2D eigenvalue weighted by molar-refractivity contribution is 5.83. The Kier molecular flexibility index (Phi) is 7.87. The Morgan fingerprint density at radius 1 is 1.03 bits per heavy atom. The maximum absolute atomic E-state index is 13.7. The molecular weight excluding hydrogens is 422 g/mol. The molecule has 3 unspecified atom stereocenters. The molecule has 0 heterocycles. The van der Waals surface area contributed by atoms with Crippen molar-refractivity contribution in [1.29, 1.82) is 0 Å². The van der Waals surface area contributed by atoms with Crippen molar-refractivity contribution < 1.29 is 14.7 Å². The topological polar surface area (TPSA) is 66.4 Å². The molecule has 4 saturated carbocycles. The number of nitrogens with one attached hydrogen (secondary N) is 1. The van der Waals surface area contributed by atoms with Crippen LogP contribution in [-0.2, 0) is 9.59 Å². The summed E-state index contributed by atoms with van der Waals surface area (Å²) >= 11 is 0. The fourth-order valence-electron chi connectivity index (χ4n) is 9.53. The third kappa shape index (κ3) is 4.87. The predicted molar refractivity (Wildman–Crippen MR) is 138 cm³/mol. The Morgan fingerprint density at radius 3 is 2.44 bits per heavy atom. The molecule has 9 atom stereocenters. The van der Waals surface area contributed by atoms with Gasteiger partial charge in [0.05, 0.1) is 6.42 Å². The fourth-order valence-corrected chi connectivity index (χ4v) is 9.53. The van der Waals surface area contributed by atoms with Crippen LogP contribution >= 0.6 is 0 Å². The first kappa shape index (κ1) is 26.2. The zero-order chi connectivity index (χ0) is 24.7. The first-order valence-electron chi connectivity index (χ1n) is 14.5. The largest absolute Gasteiger partial charge is 0.481 e. The van der Waals surface area contributed by atoms with E-state index in [1.807, 2.05) is 0 Å². The van der Waals surface area contributed by atoms with Crippen LogP contribution in [0.3, 0.4) is 0 Å². The van der Waals surface area contributed by atoms with Crippen molar-refractivity contribution >= 4 is 11.8 Å². The monoisotopic (exact) mass is 473 g/mol. The quantitative estimate of drug-likeness (QED) is 0.390. The van der Waals surface area contributed by atoms with Gasteiger partial charge in [-0.05, 0) is 91.3 Å². The summed E-state index contributed by atoms with van der Waals surface area (Å²) < 4.78 is 0. The molecule has 4 aliphatic carbocycles. The Hall–Kier alpha value is -0.900. The number of fused-ring (bicyclic) bond motifs is 5. The summed E-state index contributed by atoms with van der Waals surface area (Å²) in [5, 5.41) is 12.4. The summed E-state index contributed by atoms with van der Waals surface area (Å²) in [6.07, 6.45) is 13.5. The molecule has 4 rings (SSSR count). The lowest BCUT2D eigenvalue weighted by molar-refractivity contribution is -0.157. The second kappa shape index (κ2) is 10.2. The molecule has 4 fully saturated rings. The molecule has 0 aromatic carbocycles. The molecule has 2 N–H and O–H groups in total. The third-order valence-corrected chi connectivity index (χ3v) is 11.4. The number of carboxylic acids is 1. The van der Waals surface area contributed by atoms with Gasteiger partial charge < -0.3 is 10.4 Å². The molecule has 0 radical (unpaired) electrons. The van der Waals surface area contributed by atoms with Crippen molar-refractivity contribution in [3.8, 4) is 0 Å². The molecule has 0 aromatic heterocycles. The van der Waals surface area contributed by atoms with Crippen LogP contribution in [0, 0.1) is 52.3 Å². The third-order valence-electron chi connectivity index (χ3n) is 11.4. The molecule has 34 heavy (non-hydrogen) atoms. The number of carboxylic acid groups (broad SMARTS) is 1. The predicted octanol–water partition coefficient (Wildman–Crippen LogP) is 6.72. The number of carbonyl (C=O) groups is 2. The van der Waals surface area contributed by atoms with Gasteiger partial charge in [-0.15, -0.1) is 0 Å². The first-order chi connectivity index (χ1) is 16.1. The SMILES string of the molecule is CC(C)CCC[C@@H](C)[C@H]1CCC2C3C(=O)C[C@H]4C[C@H](NCCC(=O)O)CC[C@]4(C)C3CC[C@@]21C. The molecule has 4 heteroatoms. The average molecular weight is 474 g/mol. The van der Waals surface area contributed by atoms with E-state index in [0.29, 0.717) is 47.5 Å². The molecule has 0 amide bonds. The number of aliphatic carboxylic acids is 1. The second-order valence-corrected chi connectivity index (χ2v) is 13.7. The van der Waals surface area contributed by atoms with Crippen LogP contribution in [0.1, 0.15) is 112 Å². The van der Waals surface area contributed by atoms with Gasteiger partial charge in [-0.25, -0.2) is 0 Å². The van der Waals surface area contributed by atoms with Crippen LogP contribution in [0.25, 0.3) is 0 Å². The summed E-state index contributed by atoms with van der Waals surface area (Å²) in [6, 6.07) is 0.373. The van der Waals surface area contributed by atoms with Gasteiger partial charge in [0.25, 0.3) is 0 Å². The molecule has 4 nitrogen and oxygen atoms in total. The van der Waals surface area contributed by atoms with E-state index >= 15 is 0 Å². The van der Waals surface area contributed by atoms with E-state index < -0.39 is 5.97 Å². The lowest BCUT2D eigenvalue weighted by Crippen LogP contribution is -2.58. The minimum Gasteiger partial charge on any atom is -0.481 e. The van der Waals surface area contributed by atoms with Crippen molar-refractivity contribution in [2.45, 2.75) is 118 Å². The maximum atomic E-state index is 13.7. The lowest BCUT2D eigenvalue weighted by atomic mass is 9.44. The van der Waals surface area contributed by atoms with Gasteiger partial charge in [-0.3, -0.25) is 9.59 Å². The van der Waals surface area contributed by atoms with Crippen molar-refractivity contribution in [3.63, 3.8) is 0 Å². The summed E-state index contributed by atoms with van der Waals surface area (Å²) in [5.74, 6) is 4.12. The molecule has 0 aromatic rings. The first-order valence-corrected chi connectivity index (χ1v) is 14.5. The number of rotatable bonds is 9. The van der Waals surface area contributed by atoms with Crippen LogP contribution in [-0.4, -0.2) is 29.4 Å². The normalized spacial score (nSPS) is 42.7.